The van der Waals surface area contributed by atoms with E-state index in [1.807, 2.05) is 39.8 Å². The van der Waals surface area contributed by atoms with E-state index >= 15 is 0 Å². The van der Waals surface area contributed by atoms with Crippen molar-refractivity contribution in [3.8, 4) is 0 Å². The van der Waals surface area contributed by atoms with Crippen molar-refractivity contribution in [1.82, 2.24) is 30.3 Å². The van der Waals surface area contributed by atoms with Gasteiger partial charge in [0.15, 0.2) is 5.96 Å². The highest BCUT2D eigenvalue weighted by molar-refractivity contribution is 14.0. The second-order valence-electron chi connectivity index (χ2n) is 6.14. The highest BCUT2D eigenvalue weighted by Gasteiger charge is 2.20. The van der Waals surface area contributed by atoms with Gasteiger partial charge in [0.25, 0.3) is 0 Å². The highest BCUT2D eigenvalue weighted by atomic mass is 127. The maximum Gasteiger partial charge on any atom is 0.225 e. The predicted octanol–water partition coefficient (Wildman–Crippen LogP) is 0.603. The van der Waals surface area contributed by atoms with Crippen LogP contribution in [0.25, 0.3) is 0 Å². The Balaban J connectivity index is 0.00000484. The molecular formula is C14H28IN7O. The minimum absolute atomic E-state index is 0. The van der Waals surface area contributed by atoms with Gasteiger partial charge in [0.05, 0.1) is 6.54 Å². The van der Waals surface area contributed by atoms with Crippen LogP contribution in [0.4, 0.5) is 0 Å². The Bertz CT molecular complexity index is 521. The third kappa shape index (κ3) is 7.14. The molecule has 1 heterocycles. The lowest BCUT2D eigenvalue weighted by molar-refractivity contribution is -0.128. The van der Waals surface area contributed by atoms with Gasteiger partial charge in [-0.25, -0.2) is 4.98 Å². The summed E-state index contributed by atoms with van der Waals surface area (Å²) >= 11 is 0. The van der Waals surface area contributed by atoms with Crippen molar-refractivity contribution in [2.75, 3.05) is 27.2 Å². The highest BCUT2D eigenvalue weighted by Crippen LogP contribution is 2.11. The summed E-state index contributed by atoms with van der Waals surface area (Å²) in [5.74, 6) is 1.64. The Kier molecular flexibility index (Phi) is 9.10. The maximum atomic E-state index is 11.8. The van der Waals surface area contributed by atoms with Gasteiger partial charge in [-0.1, -0.05) is 20.8 Å². The zero-order valence-electron chi connectivity index (χ0n) is 14.8. The van der Waals surface area contributed by atoms with Gasteiger partial charge in [-0.3, -0.25) is 14.5 Å². The zero-order valence-corrected chi connectivity index (χ0v) is 17.1. The summed E-state index contributed by atoms with van der Waals surface area (Å²) in [6, 6.07) is 0. The van der Waals surface area contributed by atoms with E-state index in [2.05, 4.69) is 25.7 Å². The molecule has 0 fully saturated rings. The van der Waals surface area contributed by atoms with Crippen molar-refractivity contribution in [3.05, 3.63) is 12.2 Å². The molecule has 0 unspecified atom stereocenters. The Hall–Kier alpha value is -1.39. The topological polar surface area (TPSA) is 87.4 Å². The number of hydrogen-bond donors (Lipinski definition) is 2. The van der Waals surface area contributed by atoms with Gasteiger partial charge >= 0.3 is 0 Å². The Morgan fingerprint density at radius 3 is 2.43 bits per heavy atom. The van der Waals surface area contributed by atoms with Gasteiger partial charge in [0.1, 0.15) is 12.2 Å². The van der Waals surface area contributed by atoms with E-state index in [0.29, 0.717) is 19.6 Å². The molecule has 0 atom stereocenters. The van der Waals surface area contributed by atoms with Crippen LogP contribution in [0, 0.1) is 5.41 Å². The number of halogens is 1. The van der Waals surface area contributed by atoms with E-state index in [9.17, 15) is 4.79 Å². The first-order chi connectivity index (χ1) is 10.3. The fourth-order valence-electron chi connectivity index (χ4n) is 1.75. The van der Waals surface area contributed by atoms with Crippen LogP contribution in [0.5, 0.6) is 0 Å². The van der Waals surface area contributed by atoms with Crippen molar-refractivity contribution < 1.29 is 4.79 Å². The monoisotopic (exact) mass is 437 g/mol. The maximum absolute atomic E-state index is 11.8. The van der Waals surface area contributed by atoms with Crippen LogP contribution in [0.2, 0.25) is 0 Å². The molecule has 2 N–H and O–H groups in total. The molecule has 0 aromatic carbocycles. The van der Waals surface area contributed by atoms with Crippen LogP contribution in [-0.2, 0) is 18.4 Å². The van der Waals surface area contributed by atoms with Gasteiger partial charge in [0, 0.05) is 39.6 Å². The fourth-order valence-corrected chi connectivity index (χ4v) is 1.75. The number of rotatable bonds is 5. The number of nitrogens with one attached hydrogen (secondary N) is 2. The first-order valence-corrected chi connectivity index (χ1v) is 7.28. The number of amides is 1. The van der Waals surface area contributed by atoms with E-state index in [-0.39, 0.29) is 35.3 Å². The smallest absolute Gasteiger partial charge is 0.225 e. The van der Waals surface area contributed by atoms with E-state index in [0.717, 1.165) is 11.8 Å². The number of carbonyl (C=O) groups excluding carboxylic acids is 1. The molecule has 1 amide bonds. The van der Waals surface area contributed by atoms with Crippen molar-refractivity contribution >= 4 is 35.8 Å². The third-order valence-electron chi connectivity index (χ3n) is 3.13. The first-order valence-electron chi connectivity index (χ1n) is 7.28. The van der Waals surface area contributed by atoms with Crippen LogP contribution < -0.4 is 10.6 Å². The Morgan fingerprint density at radius 2 is 1.96 bits per heavy atom. The summed E-state index contributed by atoms with van der Waals surface area (Å²) in [6.45, 7) is 7.44. The third-order valence-corrected chi connectivity index (χ3v) is 3.13. The summed E-state index contributed by atoms with van der Waals surface area (Å²) in [5, 5.41) is 10.1. The molecule has 0 radical (unpaired) electrons. The molecule has 0 saturated carbocycles. The van der Waals surface area contributed by atoms with E-state index in [1.165, 1.54) is 6.33 Å². The molecule has 8 nitrogen and oxygen atoms in total. The normalized spacial score (nSPS) is 11.7. The lowest BCUT2D eigenvalue weighted by Gasteiger charge is -2.22. The minimum atomic E-state index is -0.371. The molecule has 1 aromatic rings. The number of hydrogen-bond acceptors (Lipinski definition) is 4. The molecule has 0 aliphatic rings. The molecule has 23 heavy (non-hydrogen) atoms. The number of carbonyl (C=O) groups is 1. The van der Waals surface area contributed by atoms with Crippen molar-refractivity contribution in [3.63, 3.8) is 0 Å². The lowest BCUT2D eigenvalue weighted by Crippen LogP contribution is -2.44. The quantitative estimate of drug-likeness (QED) is 0.305. The van der Waals surface area contributed by atoms with Crippen molar-refractivity contribution in [2.24, 2.45) is 17.5 Å². The molecule has 9 heteroatoms. The Morgan fingerprint density at radius 1 is 1.35 bits per heavy atom. The molecule has 0 aliphatic heterocycles. The lowest BCUT2D eigenvalue weighted by atomic mass is 9.96. The molecule has 0 aliphatic carbocycles. The van der Waals surface area contributed by atoms with Crippen molar-refractivity contribution in [1.29, 1.82) is 0 Å². The summed E-state index contributed by atoms with van der Waals surface area (Å²) in [6.07, 6.45) is 1.53. The molecule has 0 spiro atoms. The van der Waals surface area contributed by atoms with Gasteiger partial charge in [-0.2, -0.15) is 5.10 Å². The largest absolute Gasteiger partial charge is 0.354 e. The number of aliphatic imine (C=N–C) groups is 1. The van der Waals surface area contributed by atoms with E-state index in [1.54, 1.807) is 11.7 Å². The van der Waals surface area contributed by atoms with Crippen LogP contribution in [0.15, 0.2) is 11.3 Å². The standard InChI is InChI=1S/C14H27N7O.HI/c1-14(2,3)12(22)16-7-8-17-13(15-4)20(5)9-11-18-10-19-21(11)6;/h10H,7-9H2,1-6H3,(H,15,17)(H,16,22);1H. The van der Waals surface area contributed by atoms with Gasteiger partial charge in [-0.05, 0) is 0 Å². The zero-order chi connectivity index (χ0) is 16.8. The number of aryl methyl sites for hydroxylation is 1. The van der Waals surface area contributed by atoms with Crippen LogP contribution in [0.1, 0.15) is 26.6 Å². The Labute approximate surface area is 155 Å². The van der Waals surface area contributed by atoms with Crippen LogP contribution in [0.3, 0.4) is 0 Å². The average molecular weight is 437 g/mol. The SMILES string of the molecule is CN=C(NCCNC(=O)C(C)(C)C)N(C)Cc1ncnn1C.I. The van der Waals surface area contributed by atoms with Crippen LogP contribution >= 0.6 is 24.0 Å². The predicted molar refractivity (Wildman–Crippen MR) is 102 cm³/mol. The molecule has 0 bridgehead atoms. The molecule has 1 aromatic heterocycles. The summed E-state index contributed by atoms with van der Waals surface area (Å²) in [5.41, 5.74) is -0.371. The average Bonchev–Trinajstić information content (AvgIpc) is 2.82. The van der Waals surface area contributed by atoms with Crippen molar-refractivity contribution in [2.45, 2.75) is 27.3 Å². The van der Waals surface area contributed by atoms with Gasteiger partial charge in [0.2, 0.25) is 5.91 Å². The summed E-state index contributed by atoms with van der Waals surface area (Å²) in [4.78, 5) is 22.1. The molecular weight excluding hydrogens is 409 g/mol. The number of aromatic nitrogens is 3. The second kappa shape index (κ2) is 9.68. The van der Waals surface area contributed by atoms with Gasteiger partial charge in [-0.15, -0.1) is 24.0 Å². The number of nitrogens with zero attached hydrogens (tertiary/aromatic N) is 5. The second-order valence-corrected chi connectivity index (χ2v) is 6.14. The minimum Gasteiger partial charge on any atom is -0.354 e. The molecule has 1 rings (SSSR count). The summed E-state index contributed by atoms with van der Waals surface area (Å²) < 4.78 is 1.73. The van der Waals surface area contributed by atoms with E-state index < -0.39 is 0 Å². The summed E-state index contributed by atoms with van der Waals surface area (Å²) in [7, 11) is 5.51. The number of guanidine groups is 1. The fraction of sp³-hybridized carbons (Fsp3) is 0.714. The van der Waals surface area contributed by atoms with E-state index in [4.69, 9.17) is 0 Å². The van der Waals surface area contributed by atoms with Gasteiger partial charge < -0.3 is 15.5 Å². The van der Waals surface area contributed by atoms with Crippen LogP contribution in [-0.4, -0.2) is 58.7 Å². The first kappa shape index (κ1) is 21.6. The molecule has 132 valence electrons. The molecule has 0 saturated heterocycles.